The minimum atomic E-state index is -3.52. The molecule has 2 aromatic rings. The first-order chi connectivity index (χ1) is 14.5. The van der Waals surface area contributed by atoms with Gasteiger partial charge in [-0.2, -0.15) is 4.31 Å². The van der Waals surface area contributed by atoms with E-state index in [1.807, 2.05) is 6.07 Å². The number of amides is 1. The highest BCUT2D eigenvalue weighted by Gasteiger charge is 2.28. The van der Waals surface area contributed by atoms with Crippen LogP contribution in [0.3, 0.4) is 0 Å². The van der Waals surface area contributed by atoms with Gasteiger partial charge in [-0.15, -0.1) is 0 Å². The van der Waals surface area contributed by atoms with E-state index < -0.39 is 10.0 Å². The zero-order valence-electron chi connectivity index (χ0n) is 17.2. The van der Waals surface area contributed by atoms with Crippen molar-refractivity contribution in [2.45, 2.75) is 4.90 Å². The number of carbonyl (C=O) groups is 1. The molecule has 1 N–H and O–H groups in total. The van der Waals surface area contributed by atoms with Crippen molar-refractivity contribution >= 4 is 15.9 Å². The topological polar surface area (TPSA) is 88.2 Å². The molecule has 162 valence electrons. The fraction of sp³-hybridized carbons (Fsp3) is 0.381. The summed E-state index contributed by atoms with van der Waals surface area (Å²) in [5, 5.41) is 2.89. The van der Waals surface area contributed by atoms with E-state index in [4.69, 9.17) is 9.47 Å². The maximum absolute atomic E-state index is 12.8. The molecule has 3 rings (SSSR count). The Morgan fingerprint density at radius 1 is 0.967 bits per heavy atom. The molecule has 0 radical (unpaired) electrons. The second-order valence-corrected chi connectivity index (χ2v) is 8.82. The van der Waals surface area contributed by atoms with E-state index >= 15 is 0 Å². The second kappa shape index (κ2) is 9.92. The van der Waals surface area contributed by atoms with E-state index in [2.05, 4.69) is 10.2 Å². The summed E-state index contributed by atoms with van der Waals surface area (Å²) < 4.78 is 37.4. The average molecular weight is 434 g/mol. The monoisotopic (exact) mass is 433 g/mol. The summed E-state index contributed by atoms with van der Waals surface area (Å²) in [5.41, 5.74) is 0.496. The third-order valence-corrected chi connectivity index (χ3v) is 7.01. The number of sulfonamides is 1. The van der Waals surface area contributed by atoms with Gasteiger partial charge >= 0.3 is 0 Å². The number of piperazine rings is 1. The third-order valence-electron chi connectivity index (χ3n) is 5.09. The number of rotatable bonds is 8. The highest BCUT2D eigenvalue weighted by molar-refractivity contribution is 7.89. The molecule has 2 aromatic carbocycles. The SMILES string of the molecule is COc1ccc(S(=O)(=O)N2CCN(CCNC(=O)c3ccccc3OC)CC2)cc1. The Morgan fingerprint density at radius 3 is 2.27 bits per heavy atom. The lowest BCUT2D eigenvalue weighted by Gasteiger charge is -2.34. The van der Waals surface area contributed by atoms with E-state index in [0.717, 1.165) is 0 Å². The van der Waals surface area contributed by atoms with E-state index in [1.54, 1.807) is 49.6 Å². The molecule has 0 unspecified atom stereocenters. The van der Waals surface area contributed by atoms with Gasteiger partial charge in [-0.3, -0.25) is 9.69 Å². The normalized spacial score (nSPS) is 15.5. The Kier molecular flexibility index (Phi) is 7.30. The number of benzene rings is 2. The van der Waals surface area contributed by atoms with Crippen LogP contribution in [0.5, 0.6) is 11.5 Å². The molecule has 0 aromatic heterocycles. The molecule has 1 amide bonds. The minimum Gasteiger partial charge on any atom is -0.497 e. The quantitative estimate of drug-likeness (QED) is 0.678. The maximum atomic E-state index is 12.8. The fourth-order valence-electron chi connectivity index (χ4n) is 3.35. The van der Waals surface area contributed by atoms with Crippen molar-refractivity contribution in [3.8, 4) is 11.5 Å². The van der Waals surface area contributed by atoms with Gasteiger partial charge < -0.3 is 14.8 Å². The van der Waals surface area contributed by atoms with Crippen LogP contribution in [0, 0.1) is 0 Å². The number of nitrogens with one attached hydrogen (secondary N) is 1. The minimum absolute atomic E-state index is 0.187. The number of hydrogen-bond acceptors (Lipinski definition) is 6. The van der Waals surface area contributed by atoms with Gasteiger partial charge in [0.25, 0.3) is 5.91 Å². The van der Waals surface area contributed by atoms with Crippen LogP contribution in [0.25, 0.3) is 0 Å². The van der Waals surface area contributed by atoms with Gasteiger partial charge in [-0.1, -0.05) is 12.1 Å². The molecule has 1 aliphatic rings. The van der Waals surface area contributed by atoms with Crippen LogP contribution in [-0.2, 0) is 10.0 Å². The molecular formula is C21H27N3O5S. The number of para-hydroxylation sites is 1. The van der Waals surface area contributed by atoms with Crippen LogP contribution < -0.4 is 14.8 Å². The molecule has 1 saturated heterocycles. The van der Waals surface area contributed by atoms with Crippen LogP contribution in [0.15, 0.2) is 53.4 Å². The summed E-state index contributed by atoms with van der Waals surface area (Å²) in [6, 6.07) is 13.5. The molecule has 9 heteroatoms. The van der Waals surface area contributed by atoms with Crippen molar-refractivity contribution in [3.63, 3.8) is 0 Å². The van der Waals surface area contributed by atoms with Crippen molar-refractivity contribution in [1.82, 2.24) is 14.5 Å². The Morgan fingerprint density at radius 2 is 1.63 bits per heavy atom. The number of nitrogens with zero attached hydrogens (tertiary/aromatic N) is 2. The molecule has 0 bridgehead atoms. The molecule has 0 aliphatic carbocycles. The van der Waals surface area contributed by atoms with Crippen molar-refractivity contribution in [3.05, 3.63) is 54.1 Å². The zero-order chi connectivity index (χ0) is 21.6. The van der Waals surface area contributed by atoms with Crippen LogP contribution in [0.2, 0.25) is 0 Å². The van der Waals surface area contributed by atoms with Gasteiger partial charge in [0, 0.05) is 39.3 Å². The lowest BCUT2D eigenvalue weighted by molar-refractivity contribution is 0.0942. The lowest BCUT2D eigenvalue weighted by Crippen LogP contribution is -2.50. The Labute approximate surface area is 177 Å². The molecule has 0 spiro atoms. The number of hydrogen-bond donors (Lipinski definition) is 1. The third kappa shape index (κ3) is 5.10. The summed E-state index contributed by atoms with van der Waals surface area (Å²) in [6.07, 6.45) is 0. The molecule has 1 heterocycles. The van der Waals surface area contributed by atoms with Gasteiger partial charge in [0.1, 0.15) is 11.5 Å². The van der Waals surface area contributed by atoms with Crippen molar-refractivity contribution < 1.29 is 22.7 Å². The number of ether oxygens (including phenoxy) is 2. The molecule has 0 saturated carbocycles. The average Bonchev–Trinajstić information content (AvgIpc) is 2.79. The van der Waals surface area contributed by atoms with Gasteiger partial charge in [-0.05, 0) is 36.4 Å². The largest absolute Gasteiger partial charge is 0.497 e. The van der Waals surface area contributed by atoms with Crippen molar-refractivity contribution in [2.24, 2.45) is 0 Å². The van der Waals surface area contributed by atoms with Crippen LogP contribution in [0.1, 0.15) is 10.4 Å². The fourth-order valence-corrected chi connectivity index (χ4v) is 4.77. The van der Waals surface area contributed by atoms with Crippen LogP contribution in [0.4, 0.5) is 0 Å². The van der Waals surface area contributed by atoms with E-state index in [1.165, 1.54) is 11.4 Å². The first kappa shape index (κ1) is 22.1. The standard InChI is InChI=1S/C21H27N3O5S/c1-28-17-7-9-18(10-8-17)30(26,27)24-15-13-23(14-16-24)12-11-22-21(25)19-5-3-4-6-20(19)29-2/h3-10H,11-16H2,1-2H3,(H,22,25). The molecular weight excluding hydrogens is 406 g/mol. The first-order valence-electron chi connectivity index (χ1n) is 9.73. The van der Waals surface area contributed by atoms with Gasteiger partial charge in [0.05, 0.1) is 24.7 Å². The number of carbonyl (C=O) groups excluding carboxylic acids is 1. The highest BCUT2D eigenvalue weighted by Crippen LogP contribution is 2.21. The van der Waals surface area contributed by atoms with E-state index in [9.17, 15) is 13.2 Å². The summed E-state index contributed by atoms with van der Waals surface area (Å²) in [5.74, 6) is 0.967. The Bertz CT molecular complexity index is 955. The zero-order valence-corrected chi connectivity index (χ0v) is 18.0. The summed E-state index contributed by atoms with van der Waals surface area (Å²) >= 11 is 0. The lowest BCUT2D eigenvalue weighted by atomic mass is 10.2. The van der Waals surface area contributed by atoms with Gasteiger partial charge in [0.2, 0.25) is 10.0 Å². The molecule has 30 heavy (non-hydrogen) atoms. The predicted octanol–water partition coefficient (Wildman–Crippen LogP) is 1.44. The second-order valence-electron chi connectivity index (χ2n) is 6.88. The number of methoxy groups -OCH3 is 2. The molecule has 0 atom stereocenters. The summed E-state index contributed by atoms with van der Waals surface area (Å²) in [7, 11) is -0.444. The highest BCUT2D eigenvalue weighted by atomic mass is 32.2. The molecule has 8 nitrogen and oxygen atoms in total. The van der Waals surface area contributed by atoms with Crippen LogP contribution in [-0.4, -0.2) is 77.0 Å². The van der Waals surface area contributed by atoms with Gasteiger partial charge in [-0.25, -0.2) is 8.42 Å². The summed E-state index contributed by atoms with van der Waals surface area (Å²) in [6.45, 7) is 3.17. The smallest absolute Gasteiger partial charge is 0.255 e. The van der Waals surface area contributed by atoms with Crippen molar-refractivity contribution in [2.75, 3.05) is 53.5 Å². The van der Waals surface area contributed by atoms with Crippen molar-refractivity contribution in [1.29, 1.82) is 0 Å². The van der Waals surface area contributed by atoms with E-state index in [-0.39, 0.29) is 10.8 Å². The molecule has 1 fully saturated rings. The maximum Gasteiger partial charge on any atom is 0.255 e. The first-order valence-corrected chi connectivity index (χ1v) is 11.2. The van der Waals surface area contributed by atoms with Gasteiger partial charge in [0.15, 0.2) is 0 Å². The predicted molar refractivity (Wildman–Crippen MR) is 114 cm³/mol. The summed E-state index contributed by atoms with van der Waals surface area (Å²) in [4.78, 5) is 14.8. The molecule has 1 aliphatic heterocycles. The Balaban J connectivity index is 1.48. The van der Waals surface area contributed by atoms with Crippen LogP contribution >= 0.6 is 0 Å². The Hall–Kier alpha value is -2.62. The van der Waals surface area contributed by atoms with E-state index in [0.29, 0.717) is 56.3 Å².